The summed E-state index contributed by atoms with van der Waals surface area (Å²) < 4.78 is 35.3. The fourth-order valence-corrected chi connectivity index (χ4v) is 3.52. The SMILES string of the molecule is CCOc1ncc(CC)c2c(C(=O)c3c(F)cc(C(C)NC(=O)O)cc3F)cccc12. The number of ether oxygens (including phenoxy) is 1. The Balaban J connectivity index is 2.15. The number of aromatic nitrogens is 1. The number of fused-ring (bicyclic) bond motifs is 1. The van der Waals surface area contributed by atoms with Crippen LogP contribution in [0.3, 0.4) is 0 Å². The highest BCUT2D eigenvalue weighted by Crippen LogP contribution is 2.32. The number of carbonyl (C=O) groups excluding carboxylic acids is 1. The van der Waals surface area contributed by atoms with Crippen molar-refractivity contribution in [3.8, 4) is 5.88 Å². The molecule has 1 amide bonds. The minimum Gasteiger partial charge on any atom is -0.478 e. The van der Waals surface area contributed by atoms with Crippen LogP contribution in [0, 0.1) is 11.6 Å². The number of nitrogens with one attached hydrogen (secondary N) is 1. The molecule has 0 spiro atoms. The van der Waals surface area contributed by atoms with Crippen molar-refractivity contribution < 1.29 is 28.2 Å². The Bertz CT molecular complexity index is 1140. The van der Waals surface area contributed by atoms with Crippen molar-refractivity contribution in [3.05, 3.63) is 70.4 Å². The number of hydrogen-bond donors (Lipinski definition) is 2. The van der Waals surface area contributed by atoms with Gasteiger partial charge in [0.05, 0.1) is 18.2 Å². The molecule has 31 heavy (non-hydrogen) atoms. The minimum atomic E-state index is -1.32. The summed E-state index contributed by atoms with van der Waals surface area (Å²) in [5, 5.41) is 12.1. The third-order valence-corrected chi connectivity index (χ3v) is 4.99. The van der Waals surface area contributed by atoms with E-state index in [1.54, 1.807) is 18.3 Å². The van der Waals surface area contributed by atoms with E-state index >= 15 is 0 Å². The number of amides is 1. The fourth-order valence-electron chi connectivity index (χ4n) is 3.52. The van der Waals surface area contributed by atoms with Gasteiger partial charge in [0.1, 0.15) is 11.6 Å². The van der Waals surface area contributed by atoms with E-state index in [9.17, 15) is 18.4 Å². The second-order valence-corrected chi connectivity index (χ2v) is 6.96. The van der Waals surface area contributed by atoms with Crippen molar-refractivity contribution in [1.82, 2.24) is 10.3 Å². The van der Waals surface area contributed by atoms with E-state index in [0.717, 1.165) is 17.7 Å². The zero-order chi connectivity index (χ0) is 22.7. The maximum Gasteiger partial charge on any atom is 0.405 e. The third-order valence-electron chi connectivity index (χ3n) is 4.99. The van der Waals surface area contributed by atoms with Crippen LogP contribution in [0.2, 0.25) is 0 Å². The molecule has 0 bridgehead atoms. The highest BCUT2D eigenvalue weighted by Gasteiger charge is 2.25. The first-order chi connectivity index (χ1) is 14.8. The summed E-state index contributed by atoms with van der Waals surface area (Å²) in [5.41, 5.74) is 0.263. The van der Waals surface area contributed by atoms with Crippen molar-refractivity contribution in [2.45, 2.75) is 33.2 Å². The van der Waals surface area contributed by atoms with Gasteiger partial charge in [0.2, 0.25) is 5.88 Å². The van der Waals surface area contributed by atoms with Crippen molar-refractivity contribution >= 4 is 22.6 Å². The summed E-state index contributed by atoms with van der Waals surface area (Å²) in [6.07, 6.45) is 0.830. The van der Waals surface area contributed by atoms with Gasteiger partial charge in [-0.2, -0.15) is 0 Å². The smallest absolute Gasteiger partial charge is 0.405 e. The van der Waals surface area contributed by atoms with Gasteiger partial charge in [-0.3, -0.25) is 4.79 Å². The van der Waals surface area contributed by atoms with Crippen LogP contribution in [0.25, 0.3) is 10.8 Å². The number of benzene rings is 2. The predicted molar refractivity (Wildman–Crippen MR) is 112 cm³/mol. The van der Waals surface area contributed by atoms with Crippen molar-refractivity contribution in [2.75, 3.05) is 6.61 Å². The molecule has 8 heteroatoms. The topological polar surface area (TPSA) is 88.5 Å². The molecule has 1 atom stereocenters. The summed E-state index contributed by atoms with van der Waals surface area (Å²) in [6, 6.07) is 5.96. The Morgan fingerprint density at radius 2 is 1.87 bits per heavy atom. The summed E-state index contributed by atoms with van der Waals surface area (Å²) in [6.45, 7) is 5.52. The molecule has 0 aliphatic carbocycles. The molecule has 3 aromatic rings. The Morgan fingerprint density at radius 3 is 2.45 bits per heavy atom. The molecule has 2 aromatic carbocycles. The maximum atomic E-state index is 14.9. The van der Waals surface area contributed by atoms with Gasteiger partial charge in [-0.1, -0.05) is 19.1 Å². The molecule has 0 saturated carbocycles. The number of pyridine rings is 1. The predicted octanol–water partition coefficient (Wildman–Crippen LogP) is 5.03. The van der Waals surface area contributed by atoms with E-state index in [1.807, 2.05) is 13.8 Å². The summed E-state index contributed by atoms with van der Waals surface area (Å²) in [4.78, 5) is 28.3. The van der Waals surface area contributed by atoms with Gasteiger partial charge < -0.3 is 15.2 Å². The number of rotatable bonds is 7. The summed E-state index contributed by atoms with van der Waals surface area (Å²) in [5.74, 6) is -2.59. The van der Waals surface area contributed by atoms with Gasteiger partial charge in [-0.05, 0) is 49.6 Å². The lowest BCUT2D eigenvalue weighted by Gasteiger charge is -2.15. The molecule has 1 heterocycles. The van der Waals surface area contributed by atoms with E-state index < -0.39 is 35.1 Å². The molecule has 162 valence electrons. The number of hydrogen-bond acceptors (Lipinski definition) is 4. The van der Waals surface area contributed by atoms with E-state index in [4.69, 9.17) is 9.84 Å². The normalized spacial score (nSPS) is 11.9. The lowest BCUT2D eigenvalue weighted by molar-refractivity contribution is 0.103. The Kier molecular flexibility index (Phi) is 6.48. The summed E-state index contributed by atoms with van der Waals surface area (Å²) in [7, 11) is 0. The second-order valence-electron chi connectivity index (χ2n) is 6.96. The molecule has 0 radical (unpaired) electrons. The van der Waals surface area contributed by atoms with E-state index in [2.05, 4.69) is 10.3 Å². The van der Waals surface area contributed by atoms with E-state index in [1.165, 1.54) is 13.0 Å². The minimum absolute atomic E-state index is 0.0731. The Hall–Kier alpha value is -3.55. The molecular weight excluding hydrogens is 406 g/mol. The highest BCUT2D eigenvalue weighted by atomic mass is 19.1. The van der Waals surface area contributed by atoms with Crippen molar-refractivity contribution in [2.24, 2.45) is 0 Å². The van der Waals surface area contributed by atoms with Crippen LogP contribution in [-0.4, -0.2) is 28.6 Å². The maximum absolute atomic E-state index is 14.9. The van der Waals surface area contributed by atoms with Crippen LogP contribution in [0.5, 0.6) is 5.88 Å². The third kappa shape index (κ3) is 4.33. The molecule has 1 unspecified atom stereocenters. The van der Waals surface area contributed by atoms with Crippen LogP contribution in [0.1, 0.15) is 53.9 Å². The molecule has 3 rings (SSSR count). The first kappa shape index (κ1) is 22.1. The molecular formula is C23H22F2N2O4. The van der Waals surface area contributed by atoms with E-state index in [0.29, 0.717) is 29.7 Å². The van der Waals surface area contributed by atoms with Crippen molar-refractivity contribution in [3.63, 3.8) is 0 Å². The van der Waals surface area contributed by atoms with Gasteiger partial charge in [-0.25, -0.2) is 18.6 Å². The van der Waals surface area contributed by atoms with E-state index in [-0.39, 0.29) is 11.1 Å². The lowest BCUT2D eigenvalue weighted by atomic mass is 9.93. The quantitative estimate of drug-likeness (QED) is 0.515. The zero-order valence-electron chi connectivity index (χ0n) is 17.3. The van der Waals surface area contributed by atoms with Crippen LogP contribution in [0.4, 0.5) is 13.6 Å². The standard InChI is InChI=1S/C23H22F2N2O4/c1-4-13-11-26-22(31-5-2)16-8-6-7-15(19(13)16)21(28)20-17(24)9-14(10-18(20)25)12(3)27-23(29)30/h6-12,27H,4-5H2,1-3H3,(H,29,30). The molecule has 0 fully saturated rings. The molecule has 6 nitrogen and oxygen atoms in total. The number of carboxylic acid groups (broad SMARTS) is 1. The van der Waals surface area contributed by atoms with Gasteiger partial charge in [0, 0.05) is 22.5 Å². The largest absolute Gasteiger partial charge is 0.478 e. The van der Waals surface area contributed by atoms with Gasteiger partial charge in [-0.15, -0.1) is 0 Å². The number of aryl methyl sites for hydroxylation is 1. The first-order valence-electron chi connectivity index (χ1n) is 9.84. The Labute approximate surface area is 177 Å². The average molecular weight is 428 g/mol. The highest BCUT2D eigenvalue weighted by molar-refractivity contribution is 6.17. The zero-order valence-corrected chi connectivity index (χ0v) is 17.3. The molecule has 0 aliphatic rings. The van der Waals surface area contributed by atoms with Gasteiger partial charge >= 0.3 is 6.09 Å². The summed E-state index contributed by atoms with van der Waals surface area (Å²) >= 11 is 0. The number of nitrogens with zero attached hydrogens (tertiary/aromatic N) is 1. The first-order valence-corrected chi connectivity index (χ1v) is 9.84. The second kappa shape index (κ2) is 9.07. The van der Waals surface area contributed by atoms with Crippen LogP contribution < -0.4 is 10.1 Å². The van der Waals surface area contributed by atoms with Crippen LogP contribution >= 0.6 is 0 Å². The van der Waals surface area contributed by atoms with Gasteiger partial charge in [0.15, 0.2) is 5.78 Å². The Morgan fingerprint density at radius 1 is 1.19 bits per heavy atom. The molecule has 0 saturated heterocycles. The number of ketones is 1. The number of halogens is 2. The fraction of sp³-hybridized carbons (Fsp3) is 0.261. The van der Waals surface area contributed by atoms with Gasteiger partial charge in [0.25, 0.3) is 0 Å². The lowest BCUT2D eigenvalue weighted by Crippen LogP contribution is -2.25. The molecule has 2 N–H and O–H groups in total. The monoisotopic (exact) mass is 428 g/mol. The van der Waals surface area contributed by atoms with Crippen molar-refractivity contribution in [1.29, 1.82) is 0 Å². The molecule has 0 aliphatic heterocycles. The number of carbonyl (C=O) groups is 2. The average Bonchev–Trinajstić information content (AvgIpc) is 2.72. The molecule has 1 aromatic heterocycles. The van der Waals surface area contributed by atoms with Crippen LogP contribution in [0.15, 0.2) is 36.5 Å². The van der Waals surface area contributed by atoms with Crippen LogP contribution in [-0.2, 0) is 6.42 Å².